The highest BCUT2D eigenvalue weighted by Gasteiger charge is 2.26. The molecule has 5 nitrogen and oxygen atoms in total. The summed E-state index contributed by atoms with van der Waals surface area (Å²) in [5.74, 6) is 2.36. The van der Waals surface area contributed by atoms with Gasteiger partial charge in [0.2, 0.25) is 0 Å². The van der Waals surface area contributed by atoms with E-state index in [0.717, 1.165) is 44.1 Å². The molecule has 1 aromatic rings. The average molecular weight is 409 g/mol. The molecular weight excluding hydrogens is 375 g/mol. The molecule has 0 saturated carbocycles. The number of methoxy groups -OCH3 is 3. The molecule has 0 unspecified atom stereocenters. The summed E-state index contributed by atoms with van der Waals surface area (Å²) in [5.41, 5.74) is 1.20. The monoisotopic (exact) mass is 408 g/mol. The number of rotatable bonds is 9. The molecule has 26 heavy (non-hydrogen) atoms. The summed E-state index contributed by atoms with van der Waals surface area (Å²) in [6.07, 6.45) is 4.86. The van der Waals surface area contributed by atoms with E-state index in [1.807, 2.05) is 6.07 Å². The van der Waals surface area contributed by atoms with Crippen LogP contribution < -0.4 is 19.5 Å². The zero-order valence-electron chi connectivity index (χ0n) is 16.4. The Kier molecular flexibility index (Phi) is 12.9. The van der Waals surface area contributed by atoms with Crippen molar-refractivity contribution in [2.75, 3.05) is 47.5 Å². The zero-order valence-corrected chi connectivity index (χ0v) is 18.0. The molecule has 1 heterocycles. The lowest BCUT2D eigenvalue weighted by Gasteiger charge is -2.36. The van der Waals surface area contributed by atoms with Crippen LogP contribution in [0.25, 0.3) is 0 Å². The Hall–Kier alpha value is -0.880. The second-order valence-electron chi connectivity index (χ2n) is 6.25. The van der Waals surface area contributed by atoms with Gasteiger partial charge in [-0.1, -0.05) is 26.2 Å². The fourth-order valence-electron chi connectivity index (χ4n) is 3.43. The van der Waals surface area contributed by atoms with Crippen LogP contribution in [0.15, 0.2) is 12.1 Å². The van der Waals surface area contributed by atoms with E-state index in [4.69, 9.17) is 14.2 Å². The molecule has 0 spiro atoms. The van der Waals surface area contributed by atoms with E-state index in [2.05, 4.69) is 23.2 Å². The third-order valence-corrected chi connectivity index (χ3v) is 4.77. The molecule has 1 aliphatic rings. The van der Waals surface area contributed by atoms with Crippen molar-refractivity contribution < 1.29 is 14.2 Å². The molecule has 1 fully saturated rings. The van der Waals surface area contributed by atoms with Gasteiger partial charge in [-0.2, -0.15) is 0 Å². The van der Waals surface area contributed by atoms with Gasteiger partial charge in [-0.3, -0.25) is 4.90 Å². The quantitative estimate of drug-likeness (QED) is 0.623. The summed E-state index contributed by atoms with van der Waals surface area (Å²) in [4.78, 5) is 2.57. The first kappa shape index (κ1) is 25.1. The van der Waals surface area contributed by atoms with Crippen LogP contribution in [-0.2, 0) is 0 Å². The molecule has 0 radical (unpaired) electrons. The number of halogens is 2. The maximum absolute atomic E-state index is 5.69. The first-order valence-corrected chi connectivity index (χ1v) is 8.99. The minimum Gasteiger partial charge on any atom is -0.496 e. The summed E-state index contributed by atoms with van der Waals surface area (Å²) in [5, 5.41) is 3.44. The normalized spacial score (nSPS) is 15.4. The lowest BCUT2D eigenvalue weighted by molar-refractivity contribution is 0.159. The number of nitrogens with one attached hydrogen (secondary N) is 1. The molecule has 7 heteroatoms. The van der Waals surface area contributed by atoms with Gasteiger partial charge in [-0.15, -0.1) is 24.8 Å². The molecule has 1 aromatic carbocycles. The third-order valence-electron chi connectivity index (χ3n) is 4.77. The number of unbranched alkanes of at least 4 members (excludes halogenated alkanes) is 2. The Morgan fingerprint density at radius 1 is 0.923 bits per heavy atom. The van der Waals surface area contributed by atoms with Crippen molar-refractivity contribution >= 4 is 24.8 Å². The Bertz CT molecular complexity index is 512. The summed E-state index contributed by atoms with van der Waals surface area (Å²) in [6, 6.07) is 4.40. The Balaban J connectivity index is 0.00000312. The summed E-state index contributed by atoms with van der Waals surface area (Å²) in [7, 11) is 5.07. The first-order chi connectivity index (χ1) is 11.7. The van der Waals surface area contributed by atoms with Crippen LogP contribution in [0.5, 0.6) is 17.2 Å². The minimum atomic E-state index is 0. The van der Waals surface area contributed by atoms with Gasteiger partial charge in [0.15, 0.2) is 11.5 Å². The second-order valence-corrected chi connectivity index (χ2v) is 6.25. The number of nitrogens with zero attached hydrogens (tertiary/aromatic N) is 1. The number of benzene rings is 1. The predicted molar refractivity (Wildman–Crippen MR) is 112 cm³/mol. The molecule has 1 N–H and O–H groups in total. The van der Waals surface area contributed by atoms with Gasteiger partial charge in [-0.25, -0.2) is 0 Å². The molecule has 1 atom stereocenters. The van der Waals surface area contributed by atoms with Gasteiger partial charge in [0.1, 0.15) is 5.75 Å². The van der Waals surface area contributed by atoms with Crippen LogP contribution in [0.2, 0.25) is 0 Å². The lowest BCUT2D eigenvalue weighted by Crippen LogP contribution is -2.45. The maximum atomic E-state index is 5.69. The van der Waals surface area contributed by atoms with Crippen LogP contribution >= 0.6 is 24.8 Å². The standard InChI is InChI=1S/C19H32N2O3.2ClH/c1-5-6-7-8-16(21-11-9-20-10-12-21)15-13-18(23-3)19(24-4)14-17(15)22-2;;/h13-14,16,20H,5-12H2,1-4H3;2*1H/t16-;;/m0../s1. The van der Waals surface area contributed by atoms with Gasteiger partial charge >= 0.3 is 0 Å². The molecule has 0 aliphatic carbocycles. The van der Waals surface area contributed by atoms with E-state index in [0.29, 0.717) is 11.8 Å². The van der Waals surface area contributed by atoms with Crippen LogP contribution in [0.4, 0.5) is 0 Å². The van der Waals surface area contributed by atoms with Crippen molar-refractivity contribution in [3.05, 3.63) is 17.7 Å². The van der Waals surface area contributed by atoms with E-state index >= 15 is 0 Å². The molecule has 1 aliphatic heterocycles. The average Bonchev–Trinajstić information content (AvgIpc) is 2.65. The highest BCUT2D eigenvalue weighted by atomic mass is 35.5. The largest absolute Gasteiger partial charge is 0.496 e. The van der Waals surface area contributed by atoms with Gasteiger partial charge in [-0.05, 0) is 12.5 Å². The van der Waals surface area contributed by atoms with Gasteiger partial charge in [0, 0.05) is 43.9 Å². The lowest BCUT2D eigenvalue weighted by atomic mass is 9.96. The SMILES string of the molecule is CCCCC[C@@H](c1cc(OC)c(OC)cc1OC)N1CCNCC1.Cl.Cl. The maximum Gasteiger partial charge on any atom is 0.164 e. The van der Waals surface area contributed by atoms with E-state index < -0.39 is 0 Å². The minimum absolute atomic E-state index is 0. The van der Waals surface area contributed by atoms with Crippen LogP contribution in [0.1, 0.15) is 44.2 Å². The summed E-state index contributed by atoms with van der Waals surface area (Å²) in [6.45, 7) is 6.46. The third kappa shape index (κ3) is 6.38. The van der Waals surface area contributed by atoms with Gasteiger partial charge in [0.05, 0.1) is 21.3 Å². The summed E-state index contributed by atoms with van der Waals surface area (Å²) < 4.78 is 16.6. The fourth-order valence-corrected chi connectivity index (χ4v) is 3.43. The molecule has 2 rings (SSSR count). The van der Waals surface area contributed by atoms with Crippen molar-refractivity contribution in [1.29, 1.82) is 0 Å². The number of ether oxygens (including phenoxy) is 3. The fraction of sp³-hybridized carbons (Fsp3) is 0.684. The number of hydrogen-bond donors (Lipinski definition) is 1. The second kappa shape index (κ2) is 13.3. The summed E-state index contributed by atoms with van der Waals surface area (Å²) >= 11 is 0. The van der Waals surface area contributed by atoms with Gasteiger partial charge in [0.25, 0.3) is 0 Å². The smallest absolute Gasteiger partial charge is 0.164 e. The molecule has 0 bridgehead atoms. The Labute approximate surface area is 170 Å². The van der Waals surface area contributed by atoms with E-state index in [1.54, 1.807) is 21.3 Å². The predicted octanol–water partition coefficient (Wildman–Crippen LogP) is 4.08. The van der Waals surface area contributed by atoms with Crippen molar-refractivity contribution in [2.45, 2.75) is 38.6 Å². The molecule has 0 aromatic heterocycles. The molecule has 152 valence electrons. The number of hydrogen-bond acceptors (Lipinski definition) is 5. The molecule has 1 saturated heterocycles. The van der Waals surface area contributed by atoms with Crippen LogP contribution in [0.3, 0.4) is 0 Å². The first-order valence-electron chi connectivity index (χ1n) is 8.99. The van der Waals surface area contributed by atoms with Crippen molar-refractivity contribution in [3.63, 3.8) is 0 Å². The zero-order chi connectivity index (χ0) is 17.4. The van der Waals surface area contributed by atoms with Crippen molar-refractivity contribution in [2.24, 2.45) is 0 Å². The Morgan fingerprint density at radius 3 is 2.04 bits per heavy atom. The molecular formula is C19H34Cl2N2O3. The van der Waals surface area contributed by atoms with Gasteiger partial charge < -0.3 is 19.5 Å². The van der Waals surface area contributed by atoms with E-state index in [-0.39, 0.29) is 24.8 Å². The topological polar surface area (TPSA) is 43.0 Å². The van der Waals surface area contributed by atoms with E-state index in [1.165, 1.54) is 24.8 Å². The Morgan fingerprint density at radius 2 is 1.50 bits per heavy atom. The van der Waals surface area contributed by atoms with Crippen LogP contribution in [0, 0.1) is 0 Å². The highest BCUT2D eigenvalue weighted by Crippen LogP contribution is 2.41. The number of piperazine rings is 1. The van der Waals surface area contributed by atoms with Crippen molar-refractivity contribution in [3.8, 4) is 17.2 Å². The molecule has 0 amide bonds. The highest BCUT2D eigenvalue weighted by molar-refractivity contribution is 5.85. The van der Waals surface area contributed by atoms with E-state index in [9.17, 15) is 0 Å². The van der Waals surface area contributed by atoms with Crippen LogP contribution in [-0.4, -0.2) is 52.4 Å². The van der Waals surface area contributed by atoms with Crippen molar-refractivity contribution in [1.82, 2.24) is 10.2 Å².